The van der Waals surface area contributed by atoms with Crippen molar-refractivity contribution >= 4 is 36.4 Å². The number of carbonyl (C=O) groups excluding carboxylic acids is 2. The molecule has 0 aromatic heterocycles. The lowest BCUT2D eigenvalue weighted by atomic mass is 9.72. The Balaban J connectivity index is 1.40. The molecule has 0 aliphatic heterocycles. The third kappa shape index (κ3) is 15.9. The average molecular weight is 735 g/mol. The largest absolute Gasteiger partial charge is 0.484 e. The third-order valence-corrected chi connectivity index (χ3v) is 8.60. The van der Waals surface area contributed by atoms with Gasteiger partial charge in [-0.2, -0.15) is 10.2 Å². The summed E-state index contributed by atoms with van der Waals surface area (Å²) in [6.45, 7) is 26.1. The van der Waals surface area contributed by atoms with Gasteiger partial charge in [-0.05, 0) is 106 Å². The van der Waals surface area contributed by atoms with Crippen LogP contribution in [-0.4, -0.2) is 37.5 Å². The van der Waals surface area contributed by atoms with Gasteiger partial charge in [-0.15, -0.1) is 0 Å². The van der Waals surface area contributed by atoms with Crippen LogP contribution in [0.3, 0.4) is 0 Å². The molecule has 0 saturated heterocycles. The van der Waals surface area contributed by atoms with E-state index in [2.05, 4.69) is 115 Å². The van der Waals surface area contributed by atoms with Gasteiger partial charge in [-0.1, -0.05) is 130 Å². The topological polar surface area (TPSA) is 101 Å². The minimum atomic E-state index is -0.337. The lowest BCUT2D eigenvalue weighted by Gasteiger charge is -2.33. The SMILES string of the molecule is CC(=C/c1ccc(/C=C(C)/C=N\NC(=O)COc2ccc(C(C)(C)CC(C)(C)C)cc2)cc1)/C=N/NC(=O)COc1ccc(C(C)(C)CC(C)(C)C)cc1. The number of hydrogen-bond donors (Lipinski definition) is 2. The number of ether oxygens (including phenoxy) is 2. The van der Waals surface area contributed by atoms with Crippen molar-refractivity contribution in [3.05, 3.63) is 106 Å². The van der Waals surface area contributed by atoms with Crippen molar-refractivity contribution in [2.75, 3.05) is 13.2 Å². The standard InChI is InChI=1S/C46H62N4O4/c1-33(27-47-49-41(51)29-53-39-21-17-37(18-22-39)45(9,10)31-43(3,4)5)25-35-13-15-36(16-14-35)26-34(2)28-48-50-42(52)30-54-40-23-19-38(20-24-40)46(11,12)32-44(6,7)8/h13-28H,29-32H2,1-12H3,(H,49,51)(H,50,52)/b33-25-,34-26+,47-27+,48-28-. The van der Waals surface area contributed by atoms with Crippen LogP contribution in [0.4, 0.5) is 0 Å². The fourth-order valence-corrected chi connectivity index (χ4v) is 6.92. The van der Waals surface area contributed by atoms with E-state index < -0.39 is 0 Å². The molecule has 0 heterocycles. The van der Waals surface area contributed by atoms with Crippen molar-refractivity contribution in [3.63, 3.8) is 0 Å². The molecule has 2 amide bonds. The van der Waals surface area contributed by atoms with Crippen molar-refractivity contribution in [2.45, 2.75) is 107 Å². The number of amides is 2. The van der Waals surface area contributed by atoms with Gasteiger partial charge in [0.2, 0.25) is 0 Å². The maximum absolute atomic E-state index is 12.3. The zero-order chi connectivity index (χ0) is 40.2. The predicted octanol–water partition coefficient (Wildman–Crippen LogP) is 10.3. The van der Waals surface area contributed by atoms with Gasteiger partial charge >= 0.3 is 0 Å². The van der Waals surface area contributed by atoms with E-state index in [4.69, 9.17) is 9.47 Å². The molecule has 0 fully saturated rings. The van der Waals surface area contributed by atoms with Gasteiger partial charge in [0.25, 0.3) is 11.8 Å². The van der Waals surface area contributed by atoms with Crippen molar-refractivity contribution in [3.8, 4) is 11.5 Å². The number of rotatable bonds is 16. The summed E-state index contributed by atoms with van der Waals surface area (Å²) in [5.41, 5.74) is 11.8. The van der Waals surface area contributed by atoms with Crippen LogP contribution in [0.15, 0.2) is 94.1 Å². The van der Waals surface area contributed by atoms with Crippen LogP contribution in [-0.2, 0) is 20.4 Å². The second-order valence-electron chi connectivity index (χ2n) is 17.9. The molecule has 3 aromatic rings. The molecule has 3 rings (SSSR count). The molecule has 0 aliphatic carbocycles. The summed E-state index contributed by atoms with van der Waals surface area (Å²) >= 11 is 0. The summed E-state index contributed by atoms with van der Waals surface area (Å²) in [5, 5.41) is 8.14. The fraction of sp³-hybridized carbons (Fsp3) is 0.435. The molecule has 0 atom stereocenters. The first-order chi connectivity index (χ1) is 25.1. The molecular formula is C46H62N4O4. The lowest BCUT2D eigenvalue weighted by Crippen LogP contribution is -2.25. The number of hydrazone groups is 2. The minimum Gasteiger partial charge on any atom is -0.484 e. The minimum absolute atomic E-state index is 0.0410. The van der Waals surface area contributed by atoms with Crippen LogP contribution in [0.5, 0.6) is 11.5 Å². The predicted molar refractivity (Wildman–Crippen MR) is 225 cm³/mol. The number of benzene rings is 3. The van der Waals surface area contributed by atoms with Crippen molar-refractivity contribution in [2.24, 2.45) is 21.0 Å². The summed E-state index contributed by atoms with van der Waals surface area (Å²) in [6.07, 6.45) is 9.25. The highest BCUT2D eigenvalue weighted by Crippen LogP contribution is 2.37. The monoisotopic (exact) mass is 734 g/mol. The molecule has 54 heavy (non-hydrogen) atoms. The normalized spacial score (nSPS) is 13.3. The average Bonchev–Trinajstić information content (AvgIpc) is 3.05. The van der Waals surface area contributed by atoms with Crippen LogP contribution < -0.4 is 20.3 Å². The quantitative estimate of drug-likeness (QED) is 0.113. The van der Waals surface area contributed by atoms with E-state index in [1.54, 1.807) is 12.4 Å². The van der Waals surface area contributed by atoms with Gasteiger partial charge in [0, 0.05) is 0 Å². The molecule has 8 nitrogen and oxygen atoms in total. The highest BCUT2D eigenvalue weighted by molar-refractivity contribution is 5.87. The summed E-state index contributed by atoms with van der Waals surface area (Å²) in [5.74, 6) is 0.608. The Morgan fingerprint density at radius 2 is 0.852 bits per heavy atom. The van der Waals surface area contributed by atoms with Crippen molar-refractivity contribution in [1.82, 2.24) is 10.9 Å². The Hall–Kier alpha value is -4.98. The second kappa shape index (κ2) is 18.9. The van der Waals surface area contributed by atoms with Crippen molar-refractivity contribution in [1.29, 1.82) is 0 Å². The van der Waals surface area contributed by atoms with Gasteiger partial charge in [0.05, 0.1) is 12.4 Å². The van der Waals surface area contributed by atoms with Crippen LogP contribution in [0.2, 0.25) is 0 Å². The highest BCUT2D eigenvalue weighted by Gasteiger charge is 2.28. The molecule has 3 aromatic carbocycles. The van der Waals surface area contributed by atoms with E-state index in [1.165, 1.54) is 11.1 Å². The summed E-state index contributed by atoms with van der Waals surface area (Å²) in [7, 11) is 0. The Bertz CT molecular complexity index is 1670. The molecule has 0 saturated carbocycles. The van der Waals surface area contributed by atoms with Gasteiger partial charge in [-0.25, -0.2) is 10.9 Å². The van der Waals surface area contributed by atoms with Gasteiger partial charge in [0.1, 0.15) is 11.5 Å². The molecule has 2 N–H and O–H groups in total. The summed E-state index contributed by atoms with van der Waals surface area (Å²) in [4.78, 5) is 24.6. The lowest BCUT2D eigenvalue weighted by molar-refractivity contribution is -0.123. The Morgan fingerprint density at radius 1 is 0.537 bits per heavy atom. The number of allylic oxidation sites excluding steroid dienone is 2. The van der Waals surface area contributed by atoms with Crippen LogP contribution in [0.25, 0.3) is 12.2 Å². The van der Waals surface area contributed by atoms with Crippen LogP contribution >= 0.6 is 0 Å². The molecule has 0 radical (unpaired) electrons. The van der Waals surface area contributed by atoms with E-state index in [1.807, 2.05) is 74.5 Å². The van der Waals surface area contributed by atoms with Crippen molar-refractivity contribution < 1.29 is 19.1 Å². The fourth-order valence-electron chi connectivity index (χ4n) is 6.92. The highest BCUT2D eigenvalue weighted by atomic mass is 16.5. The second-order valence-corrected chi connectivity index (χ2v) is 17.9. The third-order valence-electron chi connectivity index (χ3n) is 8.60. The molecule has 0 spiro atoms. The van der Waals surface area contributed by atoms with Gasteiger partial charge in [-0.3, -0.25) is 9.59 Å². The smallest absolute Gasteiger partial charge is 0.277 e. The molecular weight excluding hydrogens is 673 g/mol. The molecule has 8 heteroatoms. The Labute approximate surface area is 324 Å². The number of nitrogens with one attached hydrogen (secondary N) is 2. The van der Waals surface area contributed by atoms with E-state index in [0.717, 1.165) is 35.1 Å². The first kappa shape index (κ1) is 43.4. The van der Waals surface area contributed by atoms with Crippen LogP contribution in [0.1, 0.15) is 118 Å². The van der Waals surface area contributed by atoms with E-state index in [0.29, 0.717) is 11.5 Å². The number of nitrogens with zero attached hydrogens (tertiary/aromatic N) is 2. The zero-order valence-electron chi connectivity index (χ0n) is 34.6. The van der Waals surface area contributed by atoms with E-state index in [9.17, 15) is 9.59 Å². The first-order valence-electron chi connectivity index (χ1n) is 18.7. The van der Waals surface area contributed by atoms with Crippen LogP contribution in [0, 0.1) is 10.8 Å². The summed E-state index contributed by atoms with van der Waals surface area (Å²) < 4.78 is 11.3. The molecule has 0 aliphatic rings. The molecule has 0 unspecified atom stereocenters. The molecule has 290 valence electrons. The number of hydrogen-bond acceptors (Lipinski definition) is 6. The Morgan fingerprint density at radius 3 is 1.15 bits per heavy atom. The molecule has 0 bridgehead atoms. The Kier molecular flexibility index (Phi) is 15.2. The maximum atomic E-state index is 12.3. The summed E-state index contributed by atoms with van der Waals surface area (Å²) in [6, 6.07) is 23.9. The maximum Gasteiger partial charge on any atom is 0.277 e. The van der Waals surface area contributed by atoms with E-state index >= 15 is 0 Å². The van der Waals surface area contributed by atoms with Gasteiger partial charge in [0.15, 0.2) is 13.2 Å². The van der Waals surface area contributed by atoms with Gasteiger partial charge < -0.3 is 9.47 Å². The number of carbonyl (C=O) groups is 2. The first-order valence-corrected chi connectivity index (χ1v) is 18.7. The van der Waals surface area contributed by atoms with E-state index in [-0.39, 0.29) is 46.7 Å². The zero-order valence-corrected chi connectivity index (χ0v) is 34.6.